The Hall–Kier alpha value is -3.26. The van der Waals surface area contributed by atoms with E-state index in [2.05, 4.69) is 22.5 Å². The summed E-state index contributed by atoms with van der Waals surface area (Å²) < 4.78 is 7.54. The fourth-order valence-electron chi connectivity index (χ4n) is 3.76. The van der Waals surface area contributed by atoms with Crippen LogP contribution in [-0.2, 0) is 4.79 Å². The average Bonchev–Trinajstić information content (AvgIpc) is 3.21. The number of benzene rings is 2. The lowest BCUT2D eigenvalue weighted by atomic mass is 9.95. The molecule has 1 aliphatic rings. The molecule has 3 aromatic rings. The average molecular weight is 464 g/mol. The zero-order chi connectivity index (χ0) is 23.4. The number of nitrogens with zero attached hydrogens (tertiary/aromatic N) is 3. The Morgan fingerprint density at radius 2 is 1.97 bits per heavy atom. The maximum Gasteiger partial charge on any atom is 0.255 e. The van der Waals surface area contributed by atoms with Gasteiger partial charge in [-0.1, -0.05) is 48.5 Å². The molecule has 1 aromatic heterocycles. The van der Waals surface area contributed by atoms with Gasteiger partial charge in [-0.3, -0.25) is 4.79 Å². The lowest BCUT2D eigenvalue weighted by Crippen LogP contribution is -2.31. The standard InChI is InChI=1S/C25H29N5O2S/c1-5-14-33-25-28-24-26-17(4)21(23(31)27-19-12-10-16(3)11-13-19)22(30(24)29-25)18-8-7-9-20(15-18)32-6-2/h7-13,15,22H,5-6,14H2,1-4H3,(H,27,31)(H,26,28,29). The molecule has 1 amide bonds. The first-order valence-electron chi connectivity index (χ1n) is 11.2. The van der Waals surface area contributed by atoms with E-state index in [1.807, 2.05) is 69.3 Å². The number of hydrogen-bond donors (Lipinski definition) is 2. The van der Waals surface area contributed by atoms with Crippen LogP contribution in [-0.4, -0.2) is 33.0 Å². The van der Waals surface area contributed by atoms with Gasteiger partial charge in [-0.05, 0) is 57.0 Å². The first-order chi connectivity index (χ1) is 16.0. The van der Waals surface area contributed by atoms with E-state index in [0.717, 1.165) is 40.4 Å². The highest BCUT2D eigenvalue weighted by Gasteiger charge is 2.34. The van der Waals surface area contributed by atoms with Crippen molar-refractivity contribution in [3.8, 4) is 5.75 Å². The smallest absolute Gasteiger partial charge is 0.255 e. The fourth-order valence-corrected chi connectivity index (χ4v) is 4.45. The van der Waals surface area contributed by atoms with Crippen molar-refractivity contribution in [1.82, 2.24) is 14.8 Å². The minimum atomic E-state index is -0.435. The number of carbonyl (C=O) groups is 1. The second kappa shape index (κ2) is 10.1. The van der Waals surface area contributed by atoms with Crippen LogP contribution in [0.25, 0.3) is 0 Å². The van der Waals surface area contributed by atoms with Crippen molar-refractivity contribution in [1.29, 1.82) is 0 Å². The second-order valence-electron chi connectivity index (χ2n) is 7.90. The molecule has 172 valence electrons. The predicted molar refractivity (Wildman–Crippen MR) is 133 cm³/mol. The molecule has 0 spiro atoms. The summed E-state index contributed by atoms with van der Waals surface area (Å²) in [6.07, 6.45) is 1.03. The third-order valence-corrected chi connectivity index (χ3v) is 6.35. The van der Waals surface area contributed by atoms with Gasteiger partial charge < -0.3 is 15.4 Å². The third kappa shape index (κ3) is 5.06. The molecule has 1 atom stereocenters. The lowest BCUT2D eigenvalue weighted by Gasteiger charge is -2.29. The van der Waals surface area contributed by atoms with Gasteiger partial charge in [0.25, 0.3) is 5.91 Å². The van der Waals surface area contributed by atoms with Crippen molar-refractivity contribution in [3.05, 3.63) is 70.9 Å². The number of carbonyl (C=O) groups excluding carboxylic acids is 1. The molecule has 1 unspecified atom stereocenters. The monoisotopic (exact) mass is 463 g/mol. The largest absolute Gasteiger partial charge is 0.494 e. The molecule has 33 heavy (non-hydrogen) atoms. The number of ether oxygens (including phenoxy) is 1. The predicted octanol–water partition coefficient (Wildman–Crippen LogP) is 5.41. The molecule has 2 aromatic carbocycles. The van der Waals surface area contributed by atoms with Crippen LogP contribution in [0.1, 0.15) is 44.4 Å². The molecule has 0 bridgehead atoms. The Labute approximate surface area is 198 Å². The topological polar surface area (TPSA) is 81.1 Å². The minimum Gasteiger partial charge on any atom is -0.494 e. The molecule has 2 N–H and O–H groups in total. The molecule has 7 nitrogen and oxygen atoms in total. The van der Waals surface area contributed by atoms with Gasteiger partial charge in [0, 0.05) is 17.1 Å². The summed E-state index contributed by atoms with van der Waals surface area (Å²) in [6, 6.07) is 15.2. The highest BCUT2D eigenvalue weighted by atomic mass is 32.2. The number of aryl methyl sites for hydroxylation is 1. The van der Waals surface area contributed by atoms with Crippen LogP contribution in [0.5, 0.6) is 5.75 Å². The number of nitrogens with one attached hydrogen (secondary N) is 2. The van der Waals surface area contributed by atoms with Crippen LogP contribution in [0.2, 0.25) is 0 Å². The van der Waals surface area contributed by atoms with Crippen LogP contribution in [0, 0.1) is 6.92 Å². The maximum atomic E-state index is 13.5. The van der Waals surface area contributed by atoms with E-state index in [0.29, 0.717) is 23.3 Å². The second-order valence-corrected chi connectivity index (χ2v) is 8.96. The number of rotatable bonds is 8. The van der Waals surface area contributed by atoms with Gasteiger partial charge >= 0.3 is 0 Å². The molecule has 0 saturated carbocycles. The molecular weight excluding hydrogens is 434 g/mol. The van der Waals surface area contributed by atoms with Crippen molar-refractivity contribution in [2.24, 2.45) is 0 Å². The molecule has 0 fully saturated rings. The number of amides is 1. The third-order valence-electron chi connectivity index (χ3n) is 5.31. The van der Waals surface area contributed by atoms with Crippen molar-refractivity contribution in [3.63, 3.8) is 0 Å². The van der Waals surface area contributed by atoms with Gasteiger partial charge in [0.1, 0.15) is 11.8 Å². The van der Waals surface area contributed by atoms with Gasteiger partial charge in [-0.2, -0.15) is 4.98 Å². The summed E-state index contributed by atoms with van der Waals surface area (Å²) in [5.74, 6) is 2.14. The number of allylic oxidation sites excluding steroid dienone is 1. The van der Waals surface area contributed by atoms with Gasteiger partial charge in [-0.25, -0.2) is 4.68 Å². The zero-order valence-corrected chi connectivity index (χ0v) is 20.2. The number of fused-ring (bicyclic) bond motifs is 1. The first-order valence-corrected chi connectivity index (χ1v) is 12.2. The first kappa shape index (κ1) is 22.9. The Morgan fingerprint density at radius 1 is 1.18 bits per heavy atom. The molecule has 4 rings (SSSR count). The fraction of sp³-hybridized carbons (Fsp3) is 0.320. The summed E-state index contributed by atoms with van der Waals surface area (Å²) >= 11 is 1.61. The van der Waals surface area contributed by atoms with Gasteiger partial charge in [-0.15, -0.1) is 5.10 Å². The number of aromatic nitrogens is 3. The summed E-state index contributed by atoms with van der Waals surface area (Å²) in [4.78, 5) is 18.2. The summed E-state index contributed by atoms with van der Waals surface area (Å²) in [7, 11) is 0. The van der Waals surface area contributed by atoms with Crippen molar-refractivity contribution >= 4 is 29.3 Å². The quantitative estimate of drug-likeness (QED) is 0.435. The van der Waals surface area contributed by atoms with Crippen LogP contribution >= 0.6 is 11.8 Å². The number of anilines is 2. The Morgan fingerprint density at radius 3 is 2.70 bits per heavy atom. The Balaban J connectivity index is 1.75. The van der Waals surface area contributed by atoms with Crippen molar-refractivity contribution in [2.45, 2.75) is 45.3 Å². The summed E-state index contributed by atoms with van der Waals surface area (Å²) in [6.45, 7) is 8.57. The van der Waals surface area contributed by atoms with E-state index in [4.69, 9.17) is 9.84 Å². The molecule has 1 aliphatic heterocycles. The van der Waals surface area contributed by atoms with Crippen LogP contribution in [0.3, 0.4) is 0 Å². The molecule has 2 heterocycles. The van der Waals surface area contributed by atoms with Crippen molar-refractivity contribution in [2.75, 3.05) is 23.0 Å². The minimum absolute atomic E-state index is 0.181. The lowest BCUT2D eigenvalue weighted by molar-refractivity contribution is -0.113. The maximum absolute atomic E-state index is 13.5. The molecule has 0 saturated heterocycles. The number of hydrogen-bond acceptors (Lipinski definition) is 6. The van der Waals surface area contributed by atoms with Crippen molar-refractivity contribution < 1.29 is 9.53 Å². The van der Waals surface area contributed by atoms with Gasteiger partial charge in [0.2, 0.25) is 11.1 Å². The van der Waals surface area contributed by atoms with E-state index >= 15 is 0 Å². The molecule has 0 radical (unpaired) electrons. The van der Waals surface area contributed by atoms with E-state index in [1.165, 1.54) is 0 Å². The zero-order valence-electron chi connectivity index (χ0n) is 19.4. The normalized spacial score (nSPS) is 15.1. The molecule has 0 aliphatic carbocycles. The van der Waals surface area contributed by atoms with Crippen LogP contribution in [0.4, 0.5) is 11.6 Å². The SMILES string of the molecule is CCCSc1nc2n(n1)C(c1cccc(OCC)c1)C(C(=O)Nc1ccc(C)cc1)=C(C)N2. The summed E-state index contributed by atoms with van der Waals surface area (Å²) in [5.41, 5.74) is 4.13. The molecular formula is C25H29N5O2S. The Kier molecular flexibility index (Phi) is 7.03. The summed E-state index contributed by atoms with van der Waals surface area (Å²) in [5, 5.41) is 11.8. The van der Waals surface area contributed by atoms with Crippen LogP contribution < -0.4 is 15.4 Å². The number of thioether (sulfide) groups is 1. The van der Waals surface area contributed by atoms with Gasteiger partial charge in [0.05, 0.1) is 12.2 Å². The van der Waals surface area contributed by atoms with E-state index in [-0.39, 0.29) is 5.91 Å². The Bertz CT molecular complexity index is 1170. The van der Waals surface area contributed by atoms with E-state index in [9.17, 15) is 4.79 Å². The van der Waals surface area contributed by atoms with E-state index < -0.39 is 6.04 Å². The molecule has 8 heteroatoms. The van der Waals surface area contributed by atoms with Crippen LogP contribution in [0.15, 0.2) is 65.0 Å². The van der Waals surface area contributed by atoms with E-state index in [1.54, 1.807) is 16.4 Å². The highest BCUT2D eigenvalue weighted by Crippen LogP contribution is 2.37. The highest BCUT2D eigenvalue weighted by molar-refractivity contribution is 7.99. The van der Waals surface area contributed by atoms with Gasteiger partial charge in [0.15, 0.2) is 0 Å².